The largest absolute Gasteiger partial charge is 0.388 e. The Morgan fingerprint density at radius 3 is 1.65 bits per heavy atom. The van der Waals surface area contributed by atoms with E-state index >= 15 is 0 Å². The van der Waals surface area contributed by atoms with Crippen molar-refractivity contribution in [3.05, 3.63) is 46.6 Å². The third-order valence-corrected chi connectivity index (χ3v) is 14.2. The van der Waals surface area contributed by atoms with Gasteiger partial charge in [-0.3, -0.25) is 4.79 Å². The van der Waals surface area contributed by atoms with Crippen molar-refractivity contribution in [3.8, 4) is 0 Å². The van der Waals surface area contributed by atoms with Crippen molar-refractivity contribution in [1.82, 2.24) is 0 Å². The number of carbonyl (C=O) groups is 1. The monoisotopic (exact) mass is 897 g/mol. The minimum absolute atomic E-state index is 0.0163. The van der Waals surface area contributed by atoms with Gasteiger partial charge in [0.1, 0.15) is 60.7 Å². The van der Waals surface area contributed by atoms with Gasteiger partial charge in [0.15, 0.2) is 18.9 Å². The first-order valence-electron chi connectivity index (χ1n) is 22.7. The van der Waals surface area contributed by atoms with Crippen LogP contribution in [0.25, 0.3) is 0 Å². The molecule has 0 amide bonds. The van der Waals surface area contributed by atoms with Gasteiger partial charge in [0.05, 0.1) is 42.0 Å². The Labute approximate surface area is 372 Å². The molecule has 5 rings (SSSR count). The lowest BCUT2D eigenvalue weighted by Gasteiger charge is -2.48. The molecule has 3 aliphatic heterocycles. The number of ketones is 1. The van der Waals surface area contributed by atoms with E-state index in [1.165, 1.54) is 6.92 Å². The fraction of sp³-hybridized carbons (Fsp3) is 0.809. The number of ether oxygens (including phenoxy) is 6. The highest BCUT2D eigenvalue weighted by molar-refractivity contribution is 5.88. The maximum absolute atomic E-state index is 14.5. The molecule has 2 saturated carbocycles. The Bertz CT molecular complexity index is 1660. The first kappa shape index (κ1) is 52.0. The third kappa shape index (κ3) is 11.6. The molecule has 2 aliphatic carbocycles. The summed E-state index contributed by atoms with van der Waals surface area (Å²) in [5, 5.41) is 98.1. The Balaban J connectivity index is 1.40. The highest BCUT2D eigenvalue weighted by Crippen LogP contribution is 2.52. The van der Waals surface area contributed by atoms with Crippen LogP contribution in [0.1, 0.15) is 108 Å². The fourth-order valence-corrected chi connectivity index (χ4v) is 9.86. The number of allylic oxidation sites excluding steroid dienone is 2. The van der Waals surface area contributed by atoms with Crippen LogP contribution in [0.5, 0.6) is 0 Å². The molecule has 0 radical (unpaired) electrons. The van der Waals surface area contributed by atoms with E-state index in [4.69, 9.17) is 28.4 Å². The number of aliphatic hydroxyl groups excluding tert-OH is 8. The standard InChI is InChI=1S/C47H76O16/c1-21(2)14-16-32(61-45-42(56)39(53)43(28(10)60-45)63-46-41(55)38(52)35(49)27(9)59-46)23(5)18-19-47(57)25(7)29-12-11-13-30(29)36(50)31(47)20-24(6)33(17-15-22(3)4)62-44-40(54)37(51)34(48)26(8)58-44/h14-15,18,20,25-35,37-46,48-49,51-57H,11-13,16-17,19H2,1-10H3. The average molecular weight is 897 g/mol. The third-order valence-electron chi connectivity index (χ3n) is 14.2. The molecule has 22 atom stereocenters. The molecular formula is C47H76O16. The van der Waals surface area contributed by atoms with Gasteiger partial charge in [0, 0.05) is 5.92 Å². The minimum atomic E-state index is -1.63. The van der Waals surface area contributed by atoms with E-state index in [1.54, 1.807) is 19.9 Å². The maximum Gasteiger partial charge on any atom is 0.187 e. The van der Waals surface area contributed by atoms with Crippen LogP contribution in [-0.4, -0.2) is 162 Å². The van der Waals surface area contributed by atoms with Crippen LogP contribution >= 0.6 is 0 Å². The zero-order valence-corrected chi connectivity index (χ0v) is 38.6. The zero-order chi connectivity index (χ0) is 46.8. The van der Waals surface area contributed by atoms with Gasteiger partial charge in [0.25, 0.3) is 0 Å². The van der Waals surface area contributed by atoms with E-state index in [2.05, 4.69) is 0 Å². The molecule has 5 aliphatic rings. The normalized spacial score (nSPS) is 44.7. The summed E-state index contributed by atoms with van der Waals surface area (Å²) < 4.78 is 36.0. The number of aliphatic hydroxyl groups is 9. The summed E-state index contributed by atoms with van der Waals surface area (Å²) in [6.45, 7) is 18.1. The summed E-state index contributed by atoms with van der Waals surface area (Å²) in [4.78, 5) is 14.5. The highest BCUT2D eigenvalue weighted by Gasteiger charge is 2.57. The van der Waals surface area contributed by atoms with E-state index in [-0.39, 0.29) is 30.0 Å². The molecule has 16 nitrogen and oxygen atoms in total. The number of rotatable bonds is 15. The quantitative estimate of drug-likeness (QED) is 0.107. The van der Waals surface area contributed by atoms with Gasteiger partial charge < -0.3 is 74.4 Å². The van der Waals surface area contributed by atoms with Crippen molar-refractivity contribution < 1.29 is 79.2 Å². The Morgan fingerprint density at radius 1 is 0.635 bits per heavy atom. The topological polar surface area (TPSA) is 255 Å². The van der Waals surface area contributed by atoms with Gasteiger partial charge in [-0.25, -0.2) is 0 Å². The first-order chi connectivity index (χ1) is 29.5. The van der Waals surface area contributed by atoms with E-state index in [9.17, 15) is 50.8 Å². The Kier molecular flexibility index (Phi) is 18.0. The zero-order valence-electron chi connectivity index (χ0n) is 38.6. The molecule has 22 unspecified atom stereocenters. The van der Waals surface area contributed by atoms with Gasteiger partial charge in [-0.15, -0.1) is 0 Å². The summed E-state index contributed by atoms with van der Waals surface area (Å²) in [5.41, 5.74) is 1.80. The first-order valence-corrected chi connectivity index (χ1v) is 22.7. The second-order valence-corrected chi connectivity index (χ2v) is 19.4. The number of Topliss-reactive ketones (excluding diaryl/α,β-unsaturated/α-hetero) is 1. The predicted octanol–water partition coefficient (Wildman–Crippen LogP) is 2.24. The fourth-order valence-electron chi connectivity index (χ4n) is 9.86. The lowest BCUT2D eigenvalue weighted by atomic mass is 9.58. The SMILES string of the molecule is CC(C)=CCC(OC1OC(C)C(O)C(O)C1O)C(C)=CC1C(=O)C2CCCC2C(C)C1(O)CC=C(C)C(CC=C(C)C)OC1OC(C)C(OC2OC(C)C(O)C(O)C2O)C(O)C1O. The number of hydrogen-bond donors (Lipinski definition) is 9. The van der Waals surface area contributed by atoms with Crippen LogP contribution in [-0.2, 0) is 33.2 Å². The van der Waals surface area contributed by atoms with Crippen LogP contribution in [0.3, 0.4) is 0 Å². The Morgan fingerprint density at radius 2 is 1.11 bits per heavy atom. The van der Waals surface area contributed by atoms with Crippen molar-refractivity contribution in [2.45, 2.75) is 218 Å². The van der Waals surface area contributed by atoms with Crippen molar-refractivity contribution in [2.24, 2.45) is 23.7 Å². The molecule has 0 aromatic rings. The molecule has 0 aromatic heterocycles. The summed E-state index contributed by atoms with van der Waals surface area (Å²) in [5.74, 6) is -1.49. The Hall–Kier alpha value is -1.97. The van der Waals surface area contributed by atoms with Gasteiger partial charge in [-0.2, -0.15) is 0 Å². The van der Waals surface area contributed by atoms with Gasteiger partial charge in [0.2, 0.25) is 0 Å². The van der Waals surface area contributed by atoms with Crippen LogP contribution in [0.4, 0.5) is 0 Å². The van der Waals surface area contributed by atoms with Crippen LogP contribution in [0.15, 0.2) is 46.6 Å². The minimum Gasteiger partial charge on any atom is -0.388 e. The molecular weight excluding hydrogens is 821 g/mol. The van der Waals surface area contributed by atoms with Crippen molar-refractivity contribution in [3.63, 3.8) is 0 Å². The molecule has 3 saturated heterocycles. The lowest BCUT2D eigenvalue weighted by molar-refractivity contribution is -0.354. The lowest BCUT2D eigenvalue weighted by Crippen LogP contribution is -2.63. The number of carbonyl (C=O) groups excluding carboxylic acids is 1. The summed E-state index contributed by atoms with van der Waals surface area (Å²) in [6.07, 6.45) is -10.5. The highest BCUT2D eigenvalue weighted by atomic mass is 16.7. The predicted molar refractivity (Wildman–Crippen MR) is 229 cm³/mol. The molecule has 0 bridgehead atoms. The number of hydrogen-bond acceptors (Lipinski definition) is 16. The van der Waals surface area contributed by atoms with E-state index < -0.39 is 116 Å². The number of fused-ring (bicyclic) bond motifs is 1. The summed E-state index contributed by atoms with van der Waals surface area (Å²) in [7, 11) is 0. The summed E-state index contributed by atoms with van der Waals surface area (Å²) >= 11 is 0. The van der Waals surface area contributed by atoms with Crippen LogP contribution in [0, 0.1) is 23.7 Å². The van der Waals surface area contributed by atoms with Crippen LogP contribution in [0.2, 0.25) is 0 Å². The van der Waals surface area contributed by atoms with E-state index in [0.717, 1.165) is 30.4 Å². The average Bonchev–Trinajstić information content (AvgIpc) is 3.73. The molecule has 0 aromatic carbocycles. The molecule has 16 heteroatoms. The van der Waals surface area contributed by atoms with Crippen molar-refractivity contribution >= 4 is 5.78 Å². The van der Waals surface area contributed by atoms with Gasteiger partial charge in [-0.05, 0) is 117 Å². The van der Waals surface area contributed by atoms with Gasteiger partial charge in [-0.1, -0.05) is 48.8 Å². The van der Waals surface area contributed by atoms with Crippen molar-refractivity contribution in [1.29, 1.82) is 0 Å². The summed E-state index contributed by atoms with van der Waals surface area (Å²) in [6, 6.07) is 0. The molecule has 0 spiro atoms. The van der Waals surface area contributed by atoms with Crippen molar-refractivity contribution in [2.75, 3.05) is 0 Å². The molecule has 5 fully saturated rings. The second-order valence-electron chi connectivity index (χ2n) is 19.4. The second kappa shape index (κ2) is 21.8. The maximum atomic E-state index is 14.5. The molecule has 63 heavy (non-hydrogen) atoms. The van der Waals surface area contributed by atoms with Gasteiger partial charge >= 0.3 is 0 Å². The smallest absolute Gasteiger partial charge is 0.187 e. The van der Waals surface area contributed by atoms with E-state index in [0.29, 0.717) is 24.0 Å². The van der Waals surface area contributed by atoms with Crippen LogP contribution < -0.4 is 0 Å². The molecule has 9 N–H and O–H groups in total. The molecule has 360 valence electrons. The van der Waals surface area contributed by atoms with E-state index in [1.807, 2.05) is 66.7 Å². The molecule has 3 heterocycles.